The molecule has 0 bridgehead atoms. The molecule has 0 radical (unpaired) electrons. The molecule has 1 rings (SSSR count). The van der Waals surface area contributed by atoms with Crippen LogP contribution in [0.15, 0.2) is 18.2 Å². The van der Waals surface area contributed by atoms with E-state index < -0.39 is 0 Å². The fraction of sp³-hybridized carbons (Fsp3) is 0.538. The van der Waals surface area contributed by atoms with Crippen molar-refractivity contribution in [3.05, 3.63) is 33.8 Å². The summed E-state index contributed by atoms with van der Waals surface area (Å²) in [5.74, 6) is 0. The lowest BCUT2D eigenvalue weighted by atomic mass is 9.97. The summed E-state index contributed by atoms with van der Waals surface area (Å²) in [4.78, 5) is 0. The van der Waals surface area contributed by atoms with Crippen LogP contribution in [-0.2, 0) is 6.42 Å². The Morgan fingerprint density at radius 2 is 1.65 bits per heavy atom. The molecule has 0 aliphatic rings. The van der Waals surface area contributed by atoms with Gasteiger partial charge in [-0.3, -0.25) is 0 Å². The van der Waals surface area contributed by atoms with Crippen molar-refractivity contribution in [1.82, 2.24) is 5.32 Å². The largest absolute Gasteiger partial charge is 0.316 e. The van der Waals surface area contributed by atoms with Crippen LogP contribution < -0.4 is 5.32 Å². The van der Waals surface area contributed by atoms with Crippen LogP contribution in [0.4, 0.5) is 0 Å². The Hall–Kier alpha value is 0.0500. The first kappa shape index (κ1) is 17.1. The molecule has 0 amide bonds. The standard InChI is InChI=1S/C13H19Cl2N.ClH/c1-13(2,3)9-16-8-7-10-11(14)5-4-6-12(10)15;/h4-6,16H,7-9H2,1-3H3;1H. The zero-order valence-electron chi connectivity index (χ0n) is 10.5. The molecule has 0 unspecified atom stereocenters. The summed E-state index contributed by atoms with van der Waals surface area (Å²) >= 11 is 12.2. The minimum absolute atomic E-state index is 0. The van der Waals surface area contributed by atoms with E-state index in [-0.39, 0.29) is 12.4 Å². The predicted molar refractivity (Wildman–Crippen MR) is 79.7 cm³/mol. The zero-order chi connectivity index (χ0) is 12.2. The monoisotopic (exact) mass is 295 g/mol. The van der Waals surface area contributed by atoms with Crippen molar-refractivity contribution in [1.29, 1.82) is 0 Å². The van der Waals surface area contributed by atoms with Crippen molar-refractivity contribution < 1.29 is 0 Å². The van der Waals surface area contributed by atoms with Gasteiger partial charge in [-0.25, -0.2) is 0 Å². The van der Waals surface area contributed by atoms with Gasteiger partial charge in [0.25, 0.3) is 0 Å². The molecule has 0 fully saturated rings. The van der Waals surface area contributed by atoms with Crippen LogP contribution in [0.3, 0.4) is 0 Å². The van der Waals surface area contributed by atoms with E-state index in [1.807, 2.05) is 18.2 Å². The summed E-state index contributed by atoms with van der Waals surface area (Å²) < 4.78 is 0. The van der Waals surface area contributed by atoms with E-state index >= 15 is 0 Å². The fourth-order valence-corrected chi connectivity index (χ4v) is 2.03. The normalized spacial score (nSPS) is 11.1. The smallest absolute Gasteiger partial charge is 0.0453 e. The van der Waals surface area contributed by atoms with Gasteiger partial charge in [0.15, 0.2) is 0 Å². The molecule has 0 atom stereocenters. The van der Waals surface area contributed by atoms with E-state index in [9.17, 15) is 0 Å². The number of halogens is 3. The van der Waals surface area contributed by atoms with Crippen molar-refractivity contribution in [2.75, 3.05) is 13.1 Å². The second kappa shape index (κ2) is 7.48. The van der Waals surface area contributed by atoms with Crippen LogP contribution in [0, 0.1) is 5.41 Å². The summed E-state index contributed by atoms with van der Waals surface area (Å²) in [6, 6.07) is 5.63. The molecule has 98 valence electrons. The summed E-state index contributed by atoms with van der Waals surface area (Å²) in [5.41, 5.74) is 1.34. The number of benzene rings is 1. The lowest BCUT2D eigenvalue weighted by Crippen LogP contribution is -2.28. The van der Waals surface area contributed by atoms with Gasteiger partial charge in [0.05, 0.1) is 0 Å². The highest BCUT2D eigenvalue weighted by Gasteiger charge is 2.09. The number of hydrogen-bond acceptors (Lipinski definition) is 1. The number of hydrogen-bond donors (Lipinski definition) is 1. The van der Waals surface area contributed by atoms with Crippen molar-refractivity contribution in [2.24, 2.45) is 5.41 Å². The SMILES string of the molecule is CC(C)(C)CNCCc1c(Cl)cccc1Cl.Cl. The summed E-state index contributed by atoms with van der Waals surface area (Å²) in [6.07, 6.45) is 0.870. The van der Waals surface area contributed by atoms with E-state index in [1.54, 1.807) is 0 Å². The molecule has 0 aliphatic carbocycles. The van der Waals surface area contributed by atoms with Gasteiger partial charge in [0.1, 0.15) is 0 Å². The first-order chi connectivity index (χ1) is 7.40. The third kappa shape index (κ3) is 6.52. The Kier molecular flexibility index (Phi) is 7.50. The lowest BCUT2D eigenvalue weighted by molar-refractivity contribution is 0.381. The molecule has 1 aromatic carbocycles. The van der Waals surface area contributed by atoms with Gasteiger partial charge in [-0.05, 0) is 36.1 Å². The summed E-state index contributed by atoms with van der Waals surface area (Å²) in [7, 11) is 0. The molecule has 4 heteroatoms. The van der Waals surface area contributed by atoms with Gasteiger partial charge in [-0.2, -0.15) is 0 Å². The van der Waals surface area contributed by atoms with Gasteiger partial charge in [-0.1, -0.05) is 50.0 Å². The molecule has 0 heterocycles. The Bertz CT molecular complexity index is 325. The van der Waals surface area contributed by atoms with Crippen molar-refractivity contribution in [3.63, 3.8) is 0 Å². The van der Waals surface area contributed by atoms with E-state index in [0.717, 1.165) is 35.1 Å². The number of nitrogens with one attached hydrogen (secondary N) is 1. The quantitative estimate of drug-likeness (QED) is 0.801. The summed E-state index contributed by atoms with van der Waals surface area (Å²) in [5, 5.41) is 4.92. The van der Waals surface area contributed by atoms with E-state index in [1.165, 1.54) is 0 Å². The van der Waals surface area contributed by atoms with Crippen molar-refractivity contribution in [3.8, 4) is 0 Å². The van der Waals surface area contributed by atoms with Gasteiger partial charge >= 0.3 is 0 Å². The maximum atomic E-state index is 6.09. The molecule has 1 aromatic rings. The molecule has 0 saturated heterocycles. The third-order valence-corrected chi connectivity index (χ3v) is 2.98. The zero-order valence-corrected chi connectivity index (χ0v) is 12.8. The van der Waals surface area contributed by atoms with Crippen molar-refractivity contribution in [2.45, 2.75) is 27.2 Å². The van der Waals surface area contributed by atoms with Crippen LogP contribution in [0.1, 0.15) is 26.3 Å². The highest BCUT2D eigenvalue weighted by Crippen LogP contribution is 2.24. The molecule has 0 saturated carbocycles. The Balaban J connectivity index is 0.00000256. The highest BCUT2D eigenvalue weighted by molar-refractivity contribution is 6.35. The maximum absolute atomic E-state index is 6.09. The van der Waals surface area contributed by atoms with Gasteiger partial charge in [-0.15, -0.1) is 12.4 Å². The van der Waals surface area contributed by atoms with E-state index in [4.69, 9.17) is 23.2 Å². The topological polar surface area (TPSA) is 12.0 Å². The third-order valence-electron chi connectivity index (χ3n) is 2.27. The molecule has 0 aliphatic heterocycles. The number of rotatable bonds is 4. The lowest BCUT2D eigenvalue weighted by Gasteiger charge is -2.19. The molecular weight excluding hydrogens is 277 g/mol. The first-order valence-corrected chi connectivity index (χ1v) is 6.29. The summed E-state index contributed by atoms with van der Waals surface area (Å²) in [6.45, 7) is 8.53. The molecular formula is C13H20Cl3N. The Morgan fingerprint density at radius 1 is 1.12 bits per heavy atom. The van der Waals surface area contributed by atoms with Gasteiger partial charge in [0, 0.05) is 16.6 Å². The second-order valence-electron chi connectivity index (χ2n) is 5.19. The van der Waals surface area contributed by atoms with Gasteiger partial charge < -0.3 is 5.32 Å². The molecule has 0 aromatic heterocycles. The van der Waals surface area contributed by atoms with Crippen LogP contribution in [0.25, 0.3) is 0 Å². The minimum atomic E-state index is 0. The molecule has 0 spiro atoms. The fourth-order valence-electron chi connectivity index (χ4n) is 1.45. The van der Waals surface area contributed by atoms with Crippen LogP contribution in [0.2, 0.25) is 10.0 Å². The van der Waals surface area contributed by atoms with E-state index in [0.29, 0.717) is 5.41 Å². The minimum Gasteiger partial charge on any atom is -0.316 e. The average Bonchev–Trinajstić information content (AvgIpc) is 2.14. The average molecular weight is 297 g/mol. The molecule has 1 N–H and O–H groups in total. The molecule has 17 heavy (non-hydrogen) atoms. The van der Waals surface area contributed by atoms with Crippen LogP contribution in [0.5, 0.6) is 0 Å². The van der Waals surface area contributed by atoms with Crippen LogP contribution in [-0.4, -0.2) is 13.1 Å². The van der Waals surface area contributed by atoms with Crippen LogP contribution >= 0.6 is 35.6 Å². The van der Waals surface area contributed by atoms with Crippen molar-refractivity contribution >= 4 is 35.6 Å². The Morgan fingerprint density at radius 3 is 2.12 bits per heavy atom. The van der Waals surface area contributed by atoms with E-state index in [2.05, 4.69) is 26.1 Å². The highest BCUT2D eigenvalue weighted by atomic mass is 35.5. The second-order valence-corrected chi connectivity index (χ2v) is 6.00. The maximum Gasteiger partial charge on any atom is 0.0453 e. The first-order valence-electron chi connectivity index (χ1n) is 5.54. The van der Waals surface area contributed by atoms with Gasteiger partial charge in [0.2, 0.25) is 0 Å². The predicted octanol–water partition coefficient (Wildman–Crippen LogP) is 4.59. The molecule has 1 nitrogen and oxygen atoms in total. The Labute approximate surface area is 120 Å².